The highest BCUT2D eigenvalue weighted by atomic mass is 35.5. The molecule has 0 bridgehead atoms. The van der Waals surface area contributed by atoms with Crippen LogP contribution in [0.5, 0.6) is 0 Å². The number of carbonyl (C=O) groups is 1. The van der Waals surface area contributed by atoms with Crippen LogP contribution in [-0.4, -0.2) is 28.9 Å². The summed E-state index contributed by atoms with van der Waals surface area (Å²) >= 11 is 6.02. The fourth-order valence-electron chi connectivity index (χ4n) is 2.80. The lowest BCUT2D eigenvalue weighted by molar-refractivity contribution is 0.0746. The Morgan fingerprint density at radius 3 is 3.00 bits per heavy atom. The van der Waals surface area contributed by atoms with Crippen LogP contribution in [0.1, 0.15) is 34.2 Å². The van der Waals surface area contributed by atoms with Crippen molar-refractivity contribution < 1.29 is 4.79 Å². The molecule has 1 N–H and O–H groups in total. The summed E-state index contributed by atoms with van der Waals surface area (Å²) in [4.78, 5) is 19.1. The van der Waals surface area contributed by atoms with Gasteiger partial charge in [0, 0.05) is 24.7 Å². The van der Waals surface area contributed by atoms with Gasteiger partial charge in [-0.3, -0.25) is 4.79 Å². The SMILES string of the molecule is CCN(Cc1cccc(Cl)c1)C(=O)c1ccc2c(n1)CNCC2. The molecule has 1 aromatic carbocycles. The number of fused-ring (bicyclic) bond motifs is 1. The molecular weight excluding hydrogens is 310 g/mol. The highest BCUT2D eigenvalue weighted by molar-refractivity contribution is 6.30. The Kier molecular flexibility index (Phi) is 4.94. The third-order valence-electron chi connectivity index (χ3n) is 4.08. The Balaban J connectivity index is 1.79. The summed E-state index contributed by atoms with van der Waals surface area (Å²) in [6.45, 7) is 4.84. The Bertz CT molecular complexity index is 717. The Labute approximate surface area is 141 Å². The number of nitrogens with one attached hydrogen (secondary N) is 1. The van der Waals surface area contributed by atoms with E-state index in [2.05, 4.69) is 10.3 Å². The molecule has 23 heavy (non-hydrogen) atoms. The molecule has 0 aliphatic carbocycles. The van der Waals surface area contributed by atoms with E-state index in [4.69, 9.17) is 11.6 Å². The average molecular weight is 330 g/mol. The van der Waals surface area contributed by atoms with E-state index in [-0.39, 0.29) is 5.91 Å². The van der Waals surface area contributed by atoms with Crippen LogP contribution in [0, 0.1) is 0 Å². The molecule has 0 saturated heterocycles. The molecule has 3 rings (SSSR count). The van der Waals surface area contributed by atoms with Crippen molar-refractivity contribution in [3.05, 3.63) is 63.9 Å². The second-order valence-electron chi connectivity index (χ2n) is 5.68. The van der Waals surface area contributed by atoms with Gasteiger partial charge in [0.15, 0.2) is 0 Å². The summed E-state index contributed by atoms with van der Waals surface area (Å²) in [6.07, 6.45) is 0.969. The quantitative estimate of drug-likeness (QED) is 0.937. The van der Waals surface area contributed by atoms with Crippen molar-refractivity contribution in [2.24, 2.45) is 0 Å². The molecule has 0 saturated carbocycles. The van der Waals surface area contributed by atoms with Gasteiger partial charge in [-0.2, -0.15) is 0 Å². The predicted octanol–water partition coefficient (Wildman–Crippen LogP) is 3.04. The molecule has 1 aliphatic rings. The molecule has 0 radical (unpaired) electrons. The molecule has 1 aliphatic heterocycles. The first kappa shape index (κ1) is 16.0. The second kappa shape index (κ2) is 7.11. The minimum absolute atomic E-state index is 0.0409. The van der Waals surface area contributed by atoms with E-state index in [1.807, 2.05) is 43.3 Å². The van der Waals surface area contributed by atoms with Gasteiger partial charge >= 0.3 is 0 Å². The van der Waals surface area contributed by atoms with E-state index >= 15 is 0 Å². The first-order valence-electron chi connectivity index (χ1n) is 7.90. The van der Waals surface area contributed by atoms with Crippen molar-refractivity contribution in [3.8, 4) is 0 Å². The zero-order valence-electron chi connectivity index (χ0n) is 13.2. The lowest BCUT2D eigenvalue weighted by Gasteiger charge is -2.22. The molecule has 0 atom stereocenters. The molecule has 0 spiro atoms. The van der Waals surface area contributed by atoms with E-state index in [0.717, 1.165) is 30.8 Å². The van der Waals surface area contributed by atoms with E-state index in [1.165, 1.54) is 5.56 Å². The lowest BCUT2D eigenvalue weighted by Crippen LogP contribution is -2.32. The number of amides is 1. The van der Waals surface area contributed by atoms with Crippen LogP contribution in [-0.2, 0) is 19.5 Å². The van der Waals surface area contributed by atoms with Gasteiger partial charge in [-0.05, 0) is 49.2 Å². The minimum Gasteiger partial charge on any atom is -0.333 e. The lowest BCUT2D eigenvalue weighted by atomic mass is 10.1. The normalized spacial score (nSPS) is 13.5. The van der Waals surface area contributed by atoms with Crippen molar-refractivity contribution in [3.63, 3.8) is 0 Å². The maximum Gasteiger partial charge on any atom is 0.272 e. The first-order chi connectivity index (χ1) is 11.2. The smallest absolute Gasteiger partial charge is 0.272 e. The van der Waals surface area contributed by atoms with Crippen molar-refractivity contribution in [2.45, 2.75) is 26.4 Å². The number of nitrogens with zero attached hydrogens (tertiary/aromatic N) is 2. The van der Waals surface area contributed by atoms with Gasteiger partial charge in [-0.25, -0.2) is 4.98 Å². The molecule has 0 unspecified atom stereocenters. The molecule has 1 amide bonds. The topological polar surface area (TPSA) is 45.2 Å². The van der Waals surface area contributed by atoms with E-state index in [1.54, 1.807) is 4.90 Å². The number of hydrogen-bond acceptors (Lipinski definition) is 3. The molecule has 2 aromatic rings. The number of halogens is 1. The van der Waals surface area contributed by atoms with Crippen LogP contribution in [0.4, 0.5) is 0 Å². The number of carbonyl (C=O) groups excluding carboxylic acids is 1. The standard InChI is InChI=1S/C18H20ClN3O/c1-2-22(12-13-4-3-5-15(19)10-13)18(23)16-7-6-14-8-9-20-11-17(14)21-16/h3-7,10,20H,2,8-9,11-12H2,1H3. The van der Waals surface area contributed by atoms with Crippen LogP contribution in [0.3, 0.4) is 0 Å². The molecule has 5 heteroatoms. The third kappa shape index (κ3) is 3.71. The fourth-order valence-corrected chi connectivity index (χ4v) is 3.02. The van der Waals surface area contributed by atoms with Gasteiger partial charge in [0.25, 0.3) is 5.91 Å². The maximum atomic E-state index is 12.8. The molecule has 2 heterocycles. The van der Waals surface area contributed by atoms with Crippen LogP contribution in [0.2, 0.25) is 5.02 Å². The Morgan fingerprint density at radius 1 is 1.35 bits per heavy atom. The average Bonchev–Trinajstić information content (AvgIpc) is 2.58. The third-order valence-corrected chi connectivity index (χ3v) is 4.32. The Morgan fingerprint density at radius 2 is 2.22 bits per heavy atom. The molecule has 1 aromatic heterocycles. The number of pyridine rings is 1. The molecule has 4 nitrogen and oxygen atoms in total. The van der Waals surface area contributed by atoms with Crippen molar-refractivity contribution in [1.29, 1.82) is 0 Å². The summed E-state index contributed by atoms with van der Waals surface area (Å²) in [6, 6.07) is 11.5. The second-order valence-corrected chi connectivity index (χ2v) is 6.11. The highest BCUT2D eigenvalue weighted by Gasteiger charge is 2.18. The summed E-state index contributed by atoms with van der Waals surface area (Å²) < 4.78 is 0. The minimum atomic E-state index is -0.0409. The van der Waals surface area contributed by atoms with Gasteiger partial charge in [-0.1, -0.05) is 29.8 Å². The molecular formula is C18H20ClN3O. The predicted molar refractivity (Wildman–Crippen MR) is 91.5 cm³/mol. The zero-order valence-corrected chi connectivity index (χ0v) is 13.9. The van der Waals surface area contributed by atoms with E-state index in [9.17, 15) is 4.79 Å². The number of hydrogen-bond donors (Lipinski definition) is 1. The van der Waals surface area contributed by atoms with Crippen molar-refractivity contribution in [1.82, 2.24) is 15.2 Å². The molecule has 120 valence electrons. The Hall–Kier alpha value is -1.91. The van der Waals surface area contributed by atoms with Gasteiger partial charge in [0.05, 0.1) is 5.69 Å². The highest BCUT2D eigenvalue weighted by Crippen LogP contribution is 2.16. The molecule has 0 fully saturated rings. The van der Waals surface area contributed by atoms with Crippen molar-refractivity contribution >= 4 is 17.5 Å². The fraction of sp³-hybridized carbons (Fsp3) is 0.333. The van der Waals surface area contributed by atoms with Crippen LogP contribution < -0.4 is 5.32 Å². The van der Waals surface area contributed by atoms with E-state index < -0.39 is 0 Å². The zero-order chi connectivity index (χ0) is 16.2. The van der Waals surface area contributed by atoms with E-state index in [0.29, 0.717) is 23.8 Å². The summed E-state index contributed by atoms with van der Waals surface area (Å²) in [5.41, 5.74) is 3.75. The largest absolute Gasteiger partial charge is 0.333 e. The van der Waals surface area contributed by atoms with Crippen LogP contribution in [0.15, 0.2) is 36.4 Å². The van der Waals surface area contributed by atoms with Gasteiger partial charge < -0.3 is 10.2 Å². The van der Waals surface area contributed by atoms with Crippen molar-refractivity contribution in [2.75, 3.05) is 13.1 Å². The van der Waals surface area contributed by atoms with Crippen LogP contribution >= 0.6 is 11.6 Å². The number of benzene rings is 1. The number of aromatic nitrogens is 1. The summed E-state index contributed by atoms with van der Waals surface area (Å²) in [5.74, 6) is -0.0409. The maximum absolute atomic E-state index is 12.8. The van der Waals surface area contributed by atoms with Gasteiger partial charge in [0.2, 0.25) is 0 Å². The summed E-state index contributed by atoms with van der Waals surface area (Å²) in [7, 11) is 0. The number of rotatable bonds is 4. The first-order valence-corrected chi connectivity index (χ1v) is 8.28. The van der Waals surface area contributed by atoms with Crippen LogP contribution in [0.25, 0.3) is 0 Å². The van der Waals surface area contributed by atoms with Gasteiger partial charge in [0.1, 0.15) is 5.69 Å². The summed E-state index contributed by atoms with van der Waals surface area (Å²) in [5, 5.41) is 3.98. The monoisotopic (exact) mass is 329 g/mol. The van der Waals surface area contributed by atoms with Gasteiger partial charge in [-0.15, -0.1) is 0 Å².